The molecule has 1 N–H and O–H groups in total. The second-order valence-corrected chi connectivity index (χ2v) is 1.93. The van der Waals surface area contributed by atoms with Gasteiger partial charge in [-0.15, -0.1) is 12.4 Å². The number of halogens is 1. The molecule has 0 atom stereocenters. The first-order valence-electron chi connectivity index (χ1n) is 2.58. The molecule has 2 nitrogen and oxygen atoms in total. The maximum atomic E-state index is 3.00. The lowest BCUT2D eigenvalue weighted by molar-refractivity contribution is 0.207. The first kappa shape index (κ1) is 11.1. The average molecular weight is 139 g/mol. The molecule has 3 heteroatoms. The van der Waals surface area contributed by atoms with Crippen LogP contribution in [0.4, 0.5) is 0 Å². The van der Waals surface area contributed by atoms with E-state index in [4.69, 9.17) is 0 Å². The summed E-state index contributed by atoms with van der Waals surface area (Å²) in [7, 11) is 3.94. The van der Waals surface area contributed by atoms with Crippen LogP contribution in [0.15, 0.2) is 0 Å². The maximum Gasteiger partial charge on any atom is 0.0183 e. The number of hydrogen-bond donors (Lipinski definition) is 1. The molecule has 8 heavy (non-hydrogen) atoms. The standard InChI is InChI=1S/C5H14N2.ClH/c1-5(2)7(4)6-3;/h5-6H,1-4H3;1H. The lowest BCUT2D eigenvalue weighted by Gasteiger charge is -2.18. The zero-order chi connectivity index (χ0) is 5.86. The summed E-state index contributed by atoms with van der Waals surface area (Å²) in [6.45, 7) is 4.27. The topological polar surface area (TPSA) is 15.3 Å². The monoisotopic (exact) mass is 138 g/mol. The quantitative estimate of drug-likeness (QED) is 0.570. The molecule has 0 heterocycles. The van der Waals surface area contributed by atoms with Gasteiger partial charge in [-0.25, -0.2) is 5.01 Å². The van der Waals surface area contributed by atoms with Gasteiger partial charge in [0.15, 0.2) is 0 Å². The van der Waals surface area contributed by atoms with Gasteiger partial charge in [-0.3, -0.25) is 5.43 Å². The molecule has 52 valence electrons. The average Bonchev–Trinajstić information content (AvgIpc) is 1.65. The van der Waals surface area contributed by atoms with Crippen molar-refractivity contribution in [2.75, 3.05) is 14.1 Å². The first-order valence-corrected chi connectivity index (χ1v) is 2.58. The van der Waals surface area contributed by atoms with E-state index in [1.807, 2.05) is 19.1 Å². The summed E-state index contributed by atoms with van der Waals surface area (Å²) < 4.78 is 0. The Kier molecular flexibility index (Phi) is 7.40. The third kappa shape index (κ3) is 4.37. The third-order valence-electron chi connectivity index (χ3n) is 1.13. The van der Waals surface area contributed by atoms with Gasteiger partial charge in [-0.05, 0) is 20.9 Å². The number of nitrogens with zero attached hydrogens (tertiary/aromatic N) is 1. The minimum Gasteiger partial charge on any atom is -0.258 e. The molecular formula is C5H15ClN2. The van der Waals surface area contributed by atoms with Crippen LogP contribution < -0.4 is 5.43 Å². The second-order valence-electron chi connectivity index (χ2n) is 1.93. The highest BCUT2D eigenvalue weighted by molar-refractivity contribution is 5.85. The fraction of sp³-hybridized carbons (Fsp3) is 1.00. The molecule has 0 aliphatic rings. The molecule has 0 bridgehead atoms. The van der Waals surface area contributed by atoms with Crippen molar-refractivity contribution < 1.29 is 0 Å². The highest BCUT2D eigenvalue weighted by atomic mass is 35.5. The molecular weight excluding hydrogens is 124 g/mol. The Labute approximate surface area is 57.6 Å². The molecule has 0 aromatic carbocycles. The molecule has 0 saturated carbocycles. The summed E-state index contributed by atoms with van der Waals surface area (Å²) in [6.07, 6.45) is 0. The van der Waals surface area contributed by atoms with E-state index in [2.05, 4.69) is 19.3 Å². The van der Waals surface area contributed by atoms with E-state index < -0.39 is 0 Å². The molecule has 0 aliphatic heterocycles. The summed E-state index contributed by atoms with van der Waals surface area (Å²) in [5, 5.41) is 2.04. The Morgan fingerprint density at radius 3 is 1.75 bits per heavy atom. The van der Waals surface area contributed by atoms with Gasteiger partial charge in [0.2, 0.25) is 0 Å². The summed E-state index contributed by atoms with van der Waals surface area (Å²) in [5.41, 5.74) is 3.00. The van der Waals surface area contributed by atoms with E-state index in [1.165, 1.54) is 0 Å². The maximum absolute atomic E-state index is 3.00. The molecule has 0 amide bonds. The normalized spacial score (nSPS) is 9.75. The third-order valence-corrected chi connectivity index (χ3v) is 1.13. The number of rotatable bonds is 2. The predicted octanol–water partition coefficient (Wildman–Crippen LogP) is 0.883. The molecule has 0 spiro atoms. The zero-order valence-corrected chi connectivity index (χ0v) is 6.75. The summed E-state index contributed by atoms with van der Waals surface area (Å²) in [6, 6.07) is 0.588. The fourth-order valence-corrected chi connectivity index (χ4v) is 0.258. The Balaban J connectivity index is 0. The van der Waals surface area contributed by atoms with E-state index in [1.54, 1.807) is 0 Å². The lowest BCUT2D eigenvalue weighted by atomic mass is 10.4. The van der Waals surface area contributed by atoms with Crippen molar-refractivity contribution in [3.63, 3.8) is 0 Å². The largest absolute Gasteiger partial charge is 0.258 e. The van der Waals surface area contributed by atoms with Gasteiger partial charge in [-0.1, -0.05) is 0 Å². The molecule has 0 aromatic rings. The van der Waals surface area contributed by atoms with Crippen molar-refractivity contribution in [3.05, 3.63) is 0 Å². The van der Waals surface area contributed by atoms with Crippen molar-refractivity contribution in [1.29, 1.82) is 0 Å². The van der Waals surface area contributed by atoms with Gasteiger partial charge in [0, 0.05) is 13.1 Å². The SMILES string of the molecule is CNN(C)C(C)C.Cl. The van der Waals surface area contributed by atoms with Gasteiger partial charge in [0.25, 0.3) is 0 Å². The van der Waals surface area contributed by atoms with Crippen LogP contribution in [0.3, 0.4) is 0 Å². The zero-order valence-electron chi connectivity index (χ0n) is 5.93. The van der Waals surface area contributed by atoms with E-state index in [0.29, 0.717) is 6.04 Å². The van der Waals surface area contributed by atoms with Gasteiger partial charge >= 0.3 is 0 Å². The van der Waals surface area contributed by atoms with Gasteiger partial charge in [0.05, 0.1) is 0 Å². The van der Waals surface area contributed by atoms with Crippen LogP contribution in [-0.4, -0.2) is 25.1 Å². The summed E-state index contributed by atoms with van der Waals surface area (Å²) in [5.74, 6) is 0. The smallest absolute Gasteiger partial charge is 0.0183 e. The van der Waals surface area contributed by atoms with Crippen LogP contribution in [0.2, 0.25) is 0 Å². The molecule has 0 unspecified atom stereocenters. The van der Waals surface area contributed by atoms with Gasteiger partial charge in [-0.2, -0.15) is 0 Å². The Morgan fingerprint density at radius 1 is 1.38 bits per heavy atom. The van der Waals surface area contributed by atoms with Gasteiger partial charge < -0.3 is 0 Å². The second kappa shape index (κ2) is 5.35. The highest BCUT2D eigenvalue weighted by Crippen LogP contribution is 1.84. The van der Waals surface area contributed by atoms with Crippen LogP contribution in [0, 0.1) is 0 Å². The van der Waals surface area contributed by atoms with Crippen LogP contribution in [-0.2, 0) is 0 Å². The molecule has 0 aromatic heterocycles. The lowest BCUT2D eigenvalue weighted by Crippen LogP contribution is -2.36. The number of nitrogens with one attached hydrogen (secondary N) is 1. The molecule has 0 aliphatic carbocycles. The van der Waals surface area contributed by atoms with Crippen molar-refractivity contribution in [3.8, 4) is 0 Å². The molecule has 0 rings (SSSR count). The van der Waals surface area contributed by atoms with Crippen molar-refractivity contribution >= 4 is 12.4 Å². The Morgan fingerprint density at radius 2 is 1.75 bits per heavy atom. The van der Waals surface area contributed by atoms with E-state index in [9.17, 15) is 0 Å². The van der Waals surface area contributed by atoms with Crippen LogP contribution in [0.5, 0.6) is 0 Å². The summed E-state index contributed by atoms with van der Waals surface area (Å²) in [4.78, 5) is 0. The minimum atomic E-state index is 0. The van der Waals surface area contributed by atoms with Crippen LogP contribution >= 0.6 is 12.4 Å². The Bertz CT molecular complexity index is 47.7. The van der Waals surface area contributed by atoms with E-state index >= 15 is 0 Å². The summed E-state index contributed by atoms with van der Waals surface area (Å²) >= 11 is 0. The minimum absolute atomic E-state index is 0. The Hall–Kier alpha value is 0.210. The van der Waals surface area contributed by atoms with Crippen molar-refractivity contribution in [2.45, 2.75) is 19.9 Å². The molecule has 0 radical (unpaired) electrons. The van der Waals surface area contributed by atoms with Crippen LogP contribution in [0.25, 0.3) is 0 Å². The van der Waals surface area contributed by atoms with Crippen LogP contribution in [0.1, 0.15) is 13.8 Å². The van der Waals surface area contributed by atoms with E-state index in [0.717, 1.165) is 0 Å². The molecule has 0 saturated heterocycles. The number of hydrogen-bond acceptors (Lipinski definition) is 2. The predicted molar refractivity (Wildman–Crippen MR) is 39.2 cm³/mol. The van der Waals surface area contributed by atoms with Gasteiger partial charge in [0.1, 0.15) is 0 Å². The van der Waals surface area contributed by atoms with E-state index in [-0.39, 0.29) is 12.4 Å². The van der Waals surface area contributed by atoms with Crippen molar-refractivity contribution in [2.24, 2.45) is 0 Å². The highest BCUT2D eigenvalue weighted by Gasteiger charge is 1.95. The number of hydrazine groups is 1. The first-order chi connectivity index (χ1) is 3.18. The van der Waals surface area contributed by atoms with Crippen molar-refractivity contribution in [1.82, 2.24) is 10.4 Å². The fourth-order valence-electron chi connectivity index (χ4n) is 0.258. The molecule has 0 fully saturated rings.